The van der Waals surface area contributed by atoms with Crippen molar-refractivity contribution in [2.75, 3.05) is 0 Å². The first-order valence-electron chi connectivity index (χ1n) is 5.81. The SMILES string of the molecule is CCc1ccc(C(=O)c2ccc(F)c(F)c2Br)cc1. The lowest BCUT2D eigenvalue weighted by atomic mass is 10.0. The average Bonchev–Trinajstić information content (AvgIpc) is 2.44. The number of hydrogen-bond acceptors (Lipinski definition) is 1. The number of carbonyl (C=O) groups excluding carboxylic acids is 1. The van der Waals surface area contributed by atoms with E-state index in [0.717, 1.165) is 18.1 Å². The lowest BCUT2D eigenvalue weighted by Gasteiger charge is -2.06. The van der Waals surface area contributed by atoms with Crippen LogP contribution in [0.1, 0.15) is 28.4 Å². The highest BCUT2D eigenvalue weighted by Crippen LogP contribution is 2.25. The lowest BCUT2D eigenvalue weighted by Crippen LogP contribution is -2.04. The molecule has 0 aromatic heterocycles. The van der Waals surface area contributed by atoms with Gasteiger partial charge >= 0.3 is 0 Å². The maximum absolute atomic E-state index is 13.4. The minimum Gasteiger partial charge on any atom is -0.289 e. The van der Waals surface area contributed by atoms with E-state index < -0.39 is 11.6 Å². The van der Waals surface area contributed by atoms with Crippen molar-refractivity contribution in [3.8, 4) is 0 Å². The van der Waals surface area contributed by atoms with Crippen molar-refractivity contribution >= 4 is 21.7 Å². The maximum Gasteiger partial charge on any atom is 0.194 e. The third-order valence-electron chi connectivity index (χ3n) is 2.90. The van der Waals surface area contributed by atoms with E-state index in [9.17, 15) is 13.6 Å². The smallest absolute Gasteiger partial charge is 0.194 e. The van der Waals surface area contributed by atoms with Gasteiger partial charge in [0, 0.05) is 11.1 Å². The molecular weight excluding hydrogens is 314 g/mol. The first-order chi connectivity index (χ1) is 9.04. The minimum atomic E-state index is -1.05. The molecule has 0 aliphatic heterocycles. The number of halogens is 3. The van der Waals surface area contributed by atoms with E-state index in [-0.39, 0.29) is 15.8 Å². The summed E-state index contributed by atoms with van der Waals surface area (Å²) in [5.74, 6) is -2.37. The zero-order valence-electron chi connectivity index (χ0n) is 10.2. The van der Waals surface area contributed by atoms with E-state index in [1.54, 1.807) is 12.1 Å². The molecule has 0 unspecified atom stereocenters. The van der Waals surface area contributed by atoms with Crippen molar-refractivity contribution in [1.29, 1.82) is 0 Å². The lowest BCUT2D eigenvalue weighted by molar-refractivity contribution is 0.103. The van der Waals surface area contributed by atoms with Crippen LogP contribution in [0.25, 0.3) is 0 Å². The summed E-state index contributed by atoms with van der Waals surface area (Å²) in [6, 6.07) is 9.30. The summed E-state index contributed by atoms with van der Waals surface area (Å²) in [7, 11) is 0. The third kappa shape index (κ3) is 2.73. The second kappa shape index (κ2) is 5.61. The zero-order valence-corrected chi connectivity index (χ0v) is 11.8. The van der Waals surface area contributed by atoms with Gasteiger partial charge < -0.3 is 0 Å². The standard InChI is InChI=1S/C15H11BrF2O/c1-2-9-3-5-10(6-4-9)15(19)11-7-8-12(17)14(18)13(11)16/h3-8H,2H2,1H3. The molecule has 0 bridgehead atoms. The van der Waals surface area contributed by atoms with Crippen LogP contribution in [0, 0.1) is 11.6 Å². The molecule has 98 valence electrons. The topological polar surface area (TPSA) is 17.1 Å². The summed E-state index contributed by atoms with van der Waals surface area (Å²) < 4.78 is 26.3. The molecule has 0 atom stereocenters. The van der Waals surface area contributed by atoms with Crippen LogP contribution in [-0.2, 0) is 6.42 Å². The molecule has 0 amide bonds. The van der Waals surface area contributed by atoms with Crippen molar-refractivity contribution < 1.29 is 13.6 Å². The average molecular weight is 325 g/mol. The molecule has 0 heterocycles. The van der Waals surface area contributed by atoms with Gasteiger partial charge in [0.05, 0.1) is 4.47 Å². The Balaban J connectivity index is 2.41. The summed E-state index contributed by atoms with van der Waals surface area (Å²) in [5.41, 5.74) is 1.67. The zero-order chi connectivity index (χ0) is 14.0. The van der Waals surface area contributed by atoms with E-state index in [4.69, 9.17) is 0 Å². The highest BCUT2D eigenvalue weighted by atomic mass is 79.9. The normalized spacial score (nSPS) is 10.5. The Morgan fingerprint density at radius 3 is 2.32 bits per heavy atom. The van der Waals surface area contributed by atoms with Gasteiger partial charge in [-0.15, -0.1) is 0 Å². The largest absolute Gasteiger partial charge is 0.289 e. The predicted molar refractivity (Wildman–Crippen MR) is 73.3 cm³/mol. The fourth-order valence-electron chi connectivity index (χ4n) is 1.75. The maximum atomic E-state index is 13.4. The van der Waals surface area contributed by atoms with Crippen LogP contribution in [0.3, 0.4) is 0 Å². The quantitative estimate of drug-likeness (QED) is 0.599. The van der Waals surface area contributed by atoms with Gasteiger partial charge in [0.25, 0.3) is 0 Å². The number of hydrogen-bond donors (Lipinski definition) is 0. The van der Waals surface area contributed by atoms with Gasteiger partial charge in [-0.25, -0.2) is 8.78 Å². The monoisotopic (exact) mass is 324 g/mol. The van der Waals surface area contributed by atoms with Crippen molar-refractivity contribution in [1.82, 2.24) is 0 Å². The second-order valence-corrected chi connectivity index (χ2v) is 4.90. The molecule has 0 aliphatic carbocycles. The van der Waals surface area contributed by atoms with E-state index in [1.165, 1.54) is 6.07 Å². The van der Waals surface area contributed by atoms with Gasteiger partial charge in [-0.2, -0.15) is 0 Å². The van der Waals surface area contributed by atoms with Crippen molar-refractivity contribution in [3.05, 3.63) is 69.2 Å². The Bertz CT molecular complexity index is 621. The van der Waals surface area contributed by atoms with Crippen LogP contribution >= 0.6 is 15.9 Å². The molecule has 4 heteroatoms. The van der Waals surface area contributed by atoms with E-state index >= 15 is 0 Å². The summed E-state index contributed by atoms with van der Waals surface area (Å²) in [6.45, 7) is 2.02. The van der Waals surface area contributed by atoms with Gasteiger partial charge in [-0.05, 0) is 40.0 Å². The molecule has 0 saturated carbocycles. The van der Waals surface area contributed by atoms with Gasteiger partial charge in [0.1, 0.15) is 0 Å². The van der Waals surface area contributed by atoms with Crippen LogP contribution in [0.4, 0.5) is 8.78 Å². The van der Waals surface area contributed by atoms with E-state index in [0.29, 0.717) is 5.56 Å². The highest BCUT2D eigenvalue weighted by Gasteiger charge is 2.17. The van der Waals surface area contributed by atoms with E-state index in [1.807, 2.05) is 19.1 Å². The number of carbonyl (C=O) groups is 1. The molecule has 0 spiro atoms. The second-order valence-electron chi connectivity index (χ2n) is 4.10. The third-order valence-corrected chi connectivity index (χ3v) is 3.68. The molecule has 0 radical (unpaired) electrons. The first-order valence-corrected chi connectivity index (χ1v) is 6.61. The Morgan fingerprint density at radius 1 is 1.11 bits per heavy atom. The molecule has 0 N–H and O–H groups in total. The Hall–Kier alpha value is -1.55. The summed E-state index contributed by atoms with van der Waals surface area (Å²) in [5, 5.41) is 0. The van der Waals surface area contributed by atoms with Gasteiger partial charge in [0.2, 0.25) is 0 Å². The molecular formula is C15H11BrF2O. The first kappa shape index (κ1) is 13.9. The Morgan fingerprint density at radius 2 is 1.74 bits per heavy atom. The summed E-state index contributed by atoms with van der Waals surface area (Å²) in [6.07, 6.45) is 0.878. The molecule has 1 nitrogen and oxygen atoms in total. The van der Waals surface area contributed by atoms with E-state index in [2.05, 4.69) is 15.9 Å². The molecule has 19 heavy (non-hydrogen) atoms. The molecule has 0 saturated heterocycles. The fourth-order valence-corrected chi connectivity index (χ4v) is 2.25. The number of benzene rings is 2. The van der Waals surface area contributed by atoms with Gasteiger partial charge in [-0.3, -0.25) is 4.79 Å². The minimum absolute atomic E-state index is 0.114. The van der Waals surface area contributed by atoms with Crippen LogP contribution < -0.4 is 0 Å². The number of rotatable bonds is 3. The highest BCUT2D eigenvalue weighted by molar-refractivity contribution is 9.10. The molecule has 2 aromatic carbocycles. The van der Waals surface area contributed by atoms with Gasteiger partial charge in [-0.1, -0.05) is 31.2 Å². The van der Waals surface area contributed by atoms with Crippen LogP contribution in [0.2, 0.25) is 0 Å². The number of aryl methyl sites for hydroxylation is 1. The van der Waals surface area contributed by atoms with Crippen molar-refractivity contribution in [2.24, 2.45) is 0 Å². The Labute approximate surface area is 118 Å². The Kier molecular flexibility index (Phi) is 4.10. The number of ketones is 1. The van der Waals surface area contributed by atoms with Gasteiger partial charge in [0.15, 0.2) is 17.4 Å². The molecule has 2 rings (SSSR count). The summed E-state index contributed by atoms with van der Waals surface area (Å²) >= 11 is 2.92. The fraction of sp³-hybridized carbons (Fsp3) is 0.133. The summed E-state index contributed by atoms with van der Waals surface area (Å²) in [4.78, 5) is 12.2. The van der Waals surface area contributed by atoms with Crippen LogP contribution in [0.15, 0.2) is 40.9 Å². The van der Waals surface area contributed by atoms with Crippen molar-refractivity contribution in [3.63, 3.8) is 0 Å². The van der Waals surface area contributed by atoms with Crippen LogP contribution in [0.5, 0.6) is 0 Å². The molecule has 0 aliphatic rings. The predicted octanol–water partition coefficient (Wildman–Crippen LogP) is 4.52. The molecule has 2 aromatic rings. The van der Waals surface area contributed by atoms with Crippen LogP contribution in [-0.4, -0.2) is 5.78 Å². The van der Waals surface area contributed by atoms with Crippen molar-refractivity contribution in [2.45, 2.75) is 13.3 Å². The molecule has 0 fully saturated rings.